The van der Waals surface area contributed by atoms with Crippen LogP contribution < -0.4 is 5.73 Å². The zero-order valence-corrected chi connectivity index (χ0v) is 10.4. The molecule has 0 spiro atoms. The van der Waals surface area contributed by atoms with Crippen LogP contribution in [0.15, 0.2) is 16.6 Å². The normalized spacial score (nSPS) is 12.5. The number of hydrogen-bond acceptors (Lipinski definition) is 2. The highest BCUT2D eigenvalue weighted by Gasteiger charge is 2.14. The summed E-state index contributed by atoms with van der Waals surface area (Å²) in [5, 5.41) is 8.55. The lowest BCUT2D eigenvalue weighted by Crippen LogP contribution is -2.14. The van der Waals surface area contributed by atoms with Gasteiger partial charge in [0.25, 0.3) is 0 Å². The van der Waals surface area contributed by atoms with Crippen molar-refractivity contribution < 1.29 is 14.3 Å². The first-order valence-electron chi connectivity index (χ1n) is 4.84. The summed E-state index contributed by atoms with van der Waals surface area (Å²) < 4.78 is 13.8. The largest absolute Gasteiger partial charge is 0.481 e. The first-order chi connectivity index (χ1) is 7.41. The minimum atomic E-state index is -0.899. The van der Waals surface area contributed by atoms with E-state index in [9.17, 15) is 9.18 Å². The van der Waals surface area contributed by atoms with Crippen molar-refractivity contribution >= 4 is 21.9 Å². The van der Waals surface area contributed by atoms with Crippen molar-refractivity contribution in [3.8, 4) is 0 Å². The molecule has 0 saturated carbocycles. The third-order valence-corrected chi connectivity index (χ3v) is 3.24. The predicted molar refractivity (Wildman–Crippen MR) is 62.6 cm³/mol. The zero-order chi connectivity index (χ0) is 12.3. The van der Waals surface area contributed by atoms with E-state index in [0.29, 0.717) is 16.5 Å². The number of carboxylic acids is 1. The summed E-state index contributed by atoms with van der Waals surface area (Å²) in [4.78, 5) is 10.4. The molecule has 0 fully saturated rings. The van der Waals surface area contributed by atoms with E-state index in [1.54, 1.807) is 0 Å². The van der Waals surface area contributed by atoms with Crippen LogP contribution in [0.3, 0.4) is 0 Å². The Morgan fingerprint density at radius 2 is 2.25 bits per heavy atom. The smallest absolute Gasteiger partial charge is 0.303 e. The van der Waals surface area contributed by atoms with Gasteiger partial charge in [-0.1, -0.05) is 15.9 Å². The molecule has 16 heavy (non-hydrogen) atoms. The minimum absolute atomic E-state index is 0.0191. The van der Waals surface area contributed by atoms with E-state index in [1.807, 2.05) is 6.92 Å². The zero-order valence-electron chi connectivity index (χ0n) is 8.84. The molecule has 88 valence electrons. The Labute approximate surface area is 102 Å². The van der Waals surface area contributed by atoms with Crippen molar-refractivity contribution in [1.82, 2.24) is 0 Å². The Kier molecular flexibility index (Phi) is 4.44. The van der Waals surface area contributed by atoms with Crippen LogP contribution in [0.5, 0.6) is 0 Å². The van der Waals surface area contributed by atoms with Crippen molar-refractivity contribution in [3.05, 3.63) is 33.5 Å². The maximum absolute atomic E-state index is 13.2. The minimum Gasteiger partial charge on any atom is -0.481 e. The number of nitrogens with two attached hydrogens (primary N) is 1. The van der Waals surface area contributed by atoms with Gasteiger partial charge in [0, 0.05) is 16.9 Å². The third-order valence-electron chi connectivity index (χ3n) is 2.42. The molecule has 1 aromatic carbocycles. The van der Waals surface area contributed by atoms with Crippen LogP contribution in [0, 0.1) is 12.7 Å². The fraction of sp³-hybridized carbons (Fsp3) is 0.364. The van der Waals surface area contributed by atoms with Gasteiger partial charge in [-0.05, 0) is 36.6 Å². The molecule has 3 N–H and O–H groups in total. The molecular formula is C11H13BrFNO2. The molecule has 0 aliphatic carbocycles. The van der Waals surface area contributed by atoms with Crippen molar-refractivity contribution in [2.24, 2.45) is 5.73 Å². The summed E-state index contributed by atoms with van der Waals surface area (Å²) in [6.07, 6.45) is 0.279. The first-order valence-corrected chi connectivity index (χ1v) is 5.64. The molecule has 0 radical (unpaired) electrons. The van der Waals surface area contributed by atoms with Crippen LogP contribution in [0.2, 0.25) is 0 Å². The molecule has 0 aliphatic heterocycles. The van der Waals surface area contributed by atoms with Gasteiger partial charge in [-0.2, -0.15) is 0 Å². The summed E-state index contributed by atoms with van der Waals surface area (Å²) in [5.74, 6) is -1.28. The van der Waals surface area contributed by atoms with Crippen LogP contribution in [0.1, 0.15) is 30.0 Å². The molecule has 1 unspecified atom stereocenters. The highest BCUT2D eigenvalue weighted by molar-refractivity contribution is 9.10. The van der Waals surface area contributed by atoms with Crippen molar-refractivity contribution in [1.29, 1.82) is 0 Å². The molecule has 0 aromatic heterocycles. The Morgan fingerprint density at radius 1 is 1.62 bits per heavy atom. The predicted octanol–water partition coefficient (Wildman–Crippen LogP) is 2.76. The molecule has 1 rings (SSSR count). The van der Waals surface area contributed by atoms with Gasteiger partial charge in [0.2, 0.25) is 0 Å². The monoisotopic (exact) mass is 289 g/mol. The van der Waals surface area contributed by atoms with E-state index < -0.39 is 12.0 Å². The fourth-order valence-electron chi connectivity index (χ4n) is 1.49. The topological polar surface area (TPSA) is 63.3 Å². The maximum Gasteiger partial charge on any atom is 0.303 e. The molecule has 1 atom stereocenters. The lowest BCUT2D eigenvalue weighted by Gasteiger charge is -2.15. The Hall–Kier alpha value is -0.940. The molecule has 0 aliphatic rings. The summed E-state index contributed by atoms with van der Waals surface area (Å²) in [6.45, 7) is 1.82. The number of aliphatic carboxylic acids is 1. The van der Waals surface area contributed by atoms with E-state index in [-0.39, 0.29) is 12.2 Å². The third kappa shape index (κ3) is 3.28. The summed E-state index contributed by atoms with van der Waals surface area (Å²) in [7, 11) is 0. The van der Waals surface area contributed by atoms with Gasteiger partial charge >= 0.3 is 5.97 Å². The number of carboxylic acid groups (broad SMARTS) is 1. The fourth-order valence-corrected chi connectivity index (χ4v) is 1.93. The summed E-state index contributed by atoms with van der Waals surface area (Å²) in [6, 6.07) is 2.26. The van der Waals surface area contributed by atoms with Gasteiger partial charge in [0.05, 0.1) is 0 Å². The lowest BCUT2D eigenvalue weighted by atomic mass is 9.98. The quantitative estimate of drug-likeness (QED) is 0.896. The number of benzene rings is 1. The Bertz CT molecular complexity index is 409. The van der Waals surface area contributed by atoms with Crippen molar-refractivity contribution in [3.63, 3.8) is 0 Å². The number of carbonyl (C=O) groups is 1. The highest BCUT2D eigenvalue weighted by Crippen LogP contribution is 2.27. The number of hydrogen-bond donors (Lipinski definition) is 2. The second-order valence-electron chi connectivity index (χ2n) is 3.64. The van der Waals surface area contributed by atoms with E-state index in [4.69, 9.17) is 10.8 Å². The first kappa shape index (κ1) is 13.1. The van der Waals surface area contributed by atoms with E-state index in [2.05, 4.69) is 15.9 Å². The number of halogens is 2. The SMILES string of the molecule is Cc1c(Br)cc(F)cc1C(N)CCC(=O)O. The standard InChI is InChI=1S/C11H13BrFNO2/c1-6-8(4-7(13)5-9(6)12)10(14)2-3-11(15)16/h4-5,10H,2-3,14H2,1H3,(H,15,16). The summed E-state index contributed by atoms with van der Waals surface area (Å²) >= 11 is 3.23. The van der Waals surface area contributed by atoms with Gasteiger partial charge in [0.15, 0.2) is 0 Å². The van der Waals surface area contributed by atoms with Crippen LogP contribution >= 0.6 is 15.9 Å². The average molecular weight is 290 g/mol. The van der Waals surface area contributed by atoms with Crippen LogP contribution in [-0.2, 0) is 4.79 Å². The van der Waals surface area contributed by atoms with Gasteiger partial charge in [-0.15, -0.1) is 0 Å². The molecule has 0 bridgehead atoms. The van der Waals surface area contributed by atoms with E-state index in [0.717, 1.165) is 5.56 Å². The molecule has 0 amide bonds. The van der Waals surface area contributed by atoms with Crippen LogP contribution in [0.4, 0.5) is 4.39 Å². The van der Waals surface area contributed by atoms with Gasteiger partial charge < -0.3 is 10.8 Å². The highest BCUT2D eigenvalue weighted by atomic mass is 79.9. The Morgan fingerprint density at radius 3 is 2.81 bits per heavy atom. The van der Waals surface area contributed by atoms with Gasteiger partial charge in [-0.3, -0.25) is 4.79 Å². The average Bonchev–Trinajstić information content (AvgIpc) is 2.19. The van der Waals surface area contributed by atoms with E-state index >= 15 is 0 Å². The second-order valence-corrected chi connectivity index (χ2v) is 4.50. The van der Waals surface area contributed by atoms with Crippen LogP contribution in [-0.4, -0.2) is 11.1 Å². The van der Waals surface area contributed by atoms with Crippen molar-refractivity contribution in [2.75, 3.05) is 0 Å². The van der Waals surface area contributed by atoms with Crippen molar-refractivity contribution in [2.45, 2.75) is 25.8 Å². The molecule has 5 heteroatoms. The maximum atomic E-state index is 13.2. The molecule has 1 aromatic rings. The van der Waals surface area contributed by atoms with Crippen LogP contribution in [0.25, 0.3) is 0 Å². The lowest BCUT2D eigenvalue weighted by molar-refractivity contribution is -0.137. The molecule has 0 heterocycles. The Balaban J connectivity index is 2.90. The molecule has 0 saturated heterocycles. The van der Waals surface area contributed by atoms with Gasteiger partial charge in [-0.25, -0.2) is 4.39 Å². The van der Waals surface area contributed by atoms with Gasteiger partial charge in [0.1, 0.15) is 5.82 Å². The second kappa shape index (κ2) is 5.41. The summed E-state index contributed by atoms with van der Waals surface area (Å²) in [5.41, 5.74) is 7.32. The molecule has 3 nitrogen and oxygen atoms in total. The van der Waals surface area contributed by atoms with E-state index in [1.165, 1.54) is 12.1 Å². The molecular weight excluding hydrogens is 277 g/mol. The number of rotatable bonds is 4.